The van der Waals surface area contributed by atoms with Crippen LogP contribution in [-0.4, -0.2) is 47.3 Å². The molecule has 2 aliphatic rings. The van der Waals surface area contributed by atoms with E-state index in [-0.39, 0.29) is 23.9 Å². The van der Waals surface area contributed by atoms with E-state index >= 15 is 0 Å². The molecule has 2 saturated carbocycles. The van der Waals surface area contributed by atoms with E-state index < -0.39 is 5.60 Å². The Balaban J connectivity index is 1.99. The van der Waals surface area contributed by atoms with Crippen molar-refractivity contribution in [3.05, 3.63) is 0 Å². The second-order valence-corrected chi connectivity index (χ2v) is 7.86. The number of esters is 1. The number of carbonyl (C=O) groups excluding carboxylic acids is 1. The number of aliphatic hydroxyl groups is 1. The predicted molar refractivity (Wildman–Crippen MR) is 96.8 cm³/mol. The molecule has 0 aliphatic heterocycles. The van der Waals surface area contributed by atoms with E-state index in [9.17, 15) is 9.90 Å². The Morgan fingerprint density at radius 2 is 1.75 bits per heavy atom. The predicted octanol–water partition coefficient (Wildman–Crippen LogP) is 3.76. The van der Waals surface area contributed by atoms with E-state index in [4.69, 9.17) is 4.74 Å². The van der Waals surface area contributed by atoms with Crippen LogP contribution in [0.25, 0.3) is 0 Å². The van der Waals surface area contributed by atoms with Gasteiger partial charge in [0, 0.05) is 6.54 Å². The van der Waals surface area contributed by atoms with Crippen molar-refractivity contribution in [2.24, 2.45) is 11.8 Å². The first-order valence-corrected chi connectivity index (χ1v) is 10.2. The van der Waals surface area contributed by atoms with Crippen LogP contribution >= 0.6 is 0 Å². The van der Waals surface area contributed by atoms with Crippen molar-refractivity contribution >= 4 is 5.97 Å². The zero-order valence-electron chi connectivity index (χ0n) is 15.9. The summed E-state index contributed by atoms with van der Waals surface area (Å²) in [7, 11) is 0. The van der Waals surface area contributed by atoms with Crippen molar-refractivity contribution in [1.82, 2.24) is 4.90 Å². The van der Waals surface area contributed by atoms with Gasteiger partial charge in [-0.1, -0.05) is 46.0 Å². The highest BCUT2D eigenvalue weighted by Crippen LogP contribution is 2.45. The molecule has 0 aromatic heterocycles. The molecule has 0 bridgehead atoms. The van der Waals surface area contributed by atoms with Crippen LogP contribution in [0.5, 0.6) is 0 Å². The molecule has 1 N–H and O–H groups in total. The molecule has 0 unspecified atom stereocenters. The van der Waals surface area contributed by atoms with Gasteiger partial charge in [0.1, 0.15) is 6.10 Å². The van der Waals surface area contributed by atoms with Gasteiger partial charge in [0.15, 0.2) is 0 Å². The molecule has 0 spiro atoms. The second-order valence-electron chi connectivity index (χ2n) is 7.86. The van der Waals surface area contributed by atoms with Crippen LogP contribution in [0, 0.1) is 11.8 Å². The Bertz CT molecular complexity index is 390. The van der Waals surface area contributed by atoms with Gasteiger partial charge in [-0.3, -0.25) is 4.79 Å². The zero-order valence-corrected chi connectivity index (χ0v) is 15.9. The van der Waals surface area contributed by atoms with E-state index in [2.05, 4.69) is 18.7 Å². The van der Waals surface area contributed by atoms with Crippen LogP contribution in [0.3, 0.4) is 0 Å². The highest BCUT2D eigenvalue weighted by atomic mass is 16.5. The molecular weight excluding hydrogens is 302 g/mol. The fourth-order valence-electron chi connectivity index (χ4n) is 4.76. The average Bonchev–Trinajstić information content (AvgIpc) is 2.60. The van der Waals surface area contributed by atoms with Crippen molar-refractivity contribution in [2.45, 2.75) is 90.3 Å². The zero-order chi connectivity index (χ0) is 17.6. The molecule has 3 atom stereocenters. The van der Waals surface area contributed by atoms with Crippen molar-refractivity contribution in [3.63, 3.8) is 0 Å². The summed E-state index contributed by atoms with van der Waals surface area (Å²) in [5.74, 6) is -0.210. The molecule has 0 aromatic rings. The number of hydrogen-bond donors (Lipinski definition) is 1. The third kappa shape index (κ3) is 4.72. The number of likely N-dealkylation sites (N-methyl/N-ethyl adjacent to an activating group) is 1. The van der Waals surface area contributed by atoms with Gasteiger partial charge in [0.05, 0.1) is 11.5 Å². The van der Waals surface area contributed by atoms with Gasteiger partial charge in [0.2, 0.25) is 0 Å². The normalized spacial score (nSPS) is 30.3. The maximum Gasteiger partial charge on any atom is 0.312 e. The molecule has 2 fully saturated rings. The van der Waals surface area contributed by atoms with Crippen molar-refractivity contribution in [1.29, 1.82) is 0 Å². The van der Waals surface area contributed by atoms with Gasteiger partial charge in [0.25, 0.3) is 0 Å². The Morgan fingerprint density at radius 3 is 2.38 bits per heavy atom. The molecule has 2 rings (SSSR count). The number of carbonyl (C=O) groups is 1. The molecule has 140 valence electrons. The van der Waals surface area contributed by atoms with E-state index in [0.29, 0.717) is 0 Å². The lowest BCUT2D eigenvalue weighted by molar-refractivity contribution is -0.176. The standard InChI is InChI=1S/C20H37NO3/c1-4-21(5-2)15-16(3)24-19(22)18-13-9-10-14-20(18,23)17-11-7-6-8-12-17/h16-18,23H,4-15H2,1-3H3/t16-,18-,20-/m1/s1. The van der Waals surface area contributed by atoms with Gasteiger partial charge in [-0.05, 0) is 51.6 Å². The van der Waals surface area contributed by atoms with E-state index in [1.165, 1.54) is 19.3 Å². The first-order valence-electron chi connectivity index (χ1n) is 10.2. The molecule has 0 amide bonds. The Morgan fingerprint density at radius 1 is 1.12 bits per heavy atom. The van der Waals surface area contributed by atoms with Crippen LogP contribution in [0.1, 0.15) is 78.6 Å². The molecule has 4 nitrogen and oxygen atoms in total. The highest BCUT2D eigenvalue weighted by Gasteiger charge is 2.49. The number of nitrogens with zero attached hydrogens (tertiary/aromatic N) is 1. The maximum absolute atomic E-state index is 12.8. The van der Waals surface area contributed by atoms with Crippen LogP contribution in [0.15, 0.2) is 0 Å². The average molecular weight is 340 g/mol. The van der Waals surface area contributed by atoms with Crippen LogP contribution in [0.4, 0.5) is 0 Å². The van der Waals surface area contributed by atoms with E-state index in [1.54, 1.807) is 0 Å². The Labute approximate surface area is 147 Å². The summed E-state index contributed by atoms with van der Waals surface area (Å²) in [5, 5.41) is 11.4. The third-order valence-corrected chi connectivity index (χ3v) is 6.25. The highest BCUT2D eigenvalue weighted by molar-refractivity contribution is 5.74. The van der Waals surface area contributed by atoms with Gasteiger partial charge in [-0.25, -0.2) is 0 Å². The number of hydrogen-bond acceptors (Lipinski definition) is 4. The van der Waals surface area contributed by atoms with Crippen LogP contribution < -0.4 is 0 Å². The molecule has 0 heterocycles. The summed E-state index contributed by atoms with van der Waals surface area (Å²) in [4.78, 5) is 15.1. The first-order chi connectivity index (χ1) is 11.5. The maximum atomic E-state index is 12.8. The minimum Gasteiger partial charge on any atom is -0.461 e. The third-order valence-electron chi connectivity index (χ3n) is 6.25. The smallest absolute Gasteiger partial charge is 0.312 e. The Hall–Kier alpha value is -0.610. The molecule has 24 heavy (non-hydrogen) atoms. The topological polar surface area (TPSA) is 49.8 Å². The molecule has 4 heteroatoms. The van der Waals surface area contributed by atoms with Crippen molar-refractivity contribution < 1.29 is 14.6 Å². The monoisotopic (exact) mass is 339 g/mol. The summed E-state index contributed by atoms with van der Waals surface area (Å²) in [6, 6.07) is 0. The van der Waals surface area contributed by atoms with Crippen molar-refractivity contribution in [2.75, 3.05) is 19.6 Å². The number of rotatable bonds is 7. The molecular formula is C20H37NO3. The van der Waals surface area contributed by atoms with Gasteiger partial charge >= 0.3 is 5.97 Å². The minimum absolute atomic E-state index is 0.116. The fourth-order valence-corrected chi connectivity index (χ4v) is 4.76. The summed E-state index contributed by atoms with van der Waals surface area (Å²) in [6.45, 7) is 8.93. The van der Waals surface area contributed by atoms with E-state index in [1.807, 2.05) is 6.92 Å². The number of ether oxygens (including phenoxy) is 1. The van der Waals surface area contributed by atoms with E-state index in [0.717, 1.165) is 58.2 Å². The minimum atomic E-state index is -0.829. The van der Waals surface area contributed by atoms with Gasteiger partial charge < -0.3 is 14.7 Å². The second kappa shape index (κ2) is 9.19. The summed E-state index contributed by atoms with van der Waals surface area (Å²) in [6.07, 6.45) is 9.26. The molecule has 0 aromatic carbocycles. The van der Waals surface area contributed by atoms with Crippen LogP contribution in [-0.2, 0) is 9.53 Å². The first kappa shape index (κ1) is 19.7. The lowest BCUT2D eigenvalue weighted by Gasteiger charge is -2.45. The Kier molecular flexibility index (Phi) is 7.55. The molecule has 2 aliphatic carbocycles. The van der Waals surface area contributed by atoms with Crippen LogP contribution in [0.2, 0.25) is 0 Å². The largest absolute Gasteiger partial charge is 0.461 e. The fraction of sp³-hybridized carbons (Fsp3) is 0.950. The lowest BCUT2D eigenvalue weighted by Crippen LogP contribution is -2.52. The van der Waals surface area contributed by atoms with Crippen molar-refractivity contribution in [3.8, 4) is 0 Å². The van der Waals surface area contributed by atoms with Gasteiger partial charge in [-0.2, -0.15) is 0 Å². The summed E-state index contributed by atoms with van der Waals surface area (Å²) < 4.78 is 5.77. The summed E-state index contributed by atoms with van der Waals surface area (Å²) in [5.41, 5.74) is -0.829. The lowest BCUT2D eigenvalue weighted by atomic mass is 9.64. The molecule has 0 saturated heterocycles. The van der Waals surface area contributed by atoms with Gasteiger partial charge in [-0.15, -0.1) is 0 Å². The SMILES string of the molecule is CCN(CC)C[C@@H](C)OC(=O)[C@H]1CCCC[C@@]1(O)C1CCCCC1. The molecule has 0 radical (unpaired) electrons. The quantitative estimate of drug-likeness (QED) is 0.718. The summed E-state index contributed by atoms with van der Waals surface area (Å²) >= 11 is 0.